The van der Waals surface area contributed by atoms with Gasteiger partial charge >= 0.3 is 5.69 Å². The maximum Gasteiger partial charge on any atom is 0.326 e. The van der Waals surface area contributed by atoms with Crippen molar-refractivity contribution in [3.8, 4) is 0 Å². The van der Waals surface area contributed by atoms with Crippen molar-refractivity contribution in [2.75, 3.05) is 13.6 Å². The van der Waals surface area contributed by atoms with E-state index < -0.39 is 11.6 Å². The molecule has 0 saturated carbocycles. The minimum atomic E-state index is -0.954. The highest BCUT2D eigenvalue weighted by Gasteiger charge is 2.17. The number of rotatable bonds is 5. The van der Waals surface area contributed by atoms with Crippen LogP contribution in [0.4, 0.5) is 8.78 Å². The number of imidazole rings is 1. The van der Waals surface area contributed by atoms with Crippen molar-refractivity contribution in [3.05, 3.63) is 34.3 Å². The fourth-order valence-corrected chi connectivity index (χ4v) is 2.31. The third-order valence-electron chi connectivity index (χ3n) is 3.32. The van der Waals surface area contributed by atoms with Crippen LogP contribution >= 0.6 is 0 Å². The Morgan fingerprint density at radius 3 is 2.68 bits per heavy atom. The monoisotopic (exact) mass is 269 g/mol. The molecular formula is C13H17F2N3O. The fourth-order valence-electron chi connectivity index (χ4n) is 2.31. The molecule has 0 radical (unpaired) electrons. The third kappa shape index (κ3) is 2.53. The molecule has 104 valence electrons. The molecule has 1 aromatic carbocycles. The molecule has 0 aliphatic carbocycles. The van der Waals surface area contributed by atoms with E-state index in [0.29, 0.717) is 11.0 Å². The second-order valence-electron chi connectivity index (χ2n) is 4.54. The Labute approximate surface area is 109 Å². The average molecular weight is 269 g/mol. The normalized spacial score (nSPS) is 13.1. The predicted octanol–water partition coefficient (Wildman–Crippen LogP) is 2.17. The Balaban J connectivity index is 2.55. The molecule has 0 fully saturated rings. The Bertz CT molecular complexity index is 633. The smallest absolute Gasteiger partial charge is 0.320 e. The Morgan fingerprint density at radius 1 is 1.37 bits per heavy atom. The van der Waals surface area contributed by atoms with Crippen molar-refractivity contribution in [2.45, 2.75) is 25.8 Å². The fraction of sp³-hybridized carbons (Fsp3) is 0.462. The third-order valence-corrected chi connectivity index (χ3v) is 3.32. The van der Waals surface area contributed by atoms with E-state index in [0.717, 1.165) is 31.5 Å². The van der Waals surface area contributed by atoms with Crippen molar-refractivity contribution in [1.29, 1.82) is 0 Å². The lowest BCUT2D eigenvalue weighted by atomic mass is 10.1. The van der Waals surface area contributed by atoms with Crippen molar-refractivity contribution in [2.24, 2.45) is 0 Å². The molecule has 4 nitrogen and oxygen atoms in total. The number of hydrogen-bond donors (Lipinski definition) is 2. The molecule has 0 bridgehead atoms. The number of nitrogens with zero attached hydrogens (tertiary/aromatic N) is 1. The summed E-state index contributed by atoms with van der Waals surface area (Å²) in [5.74, 6) is -1.90. The summed E-state index contributed by atoms with van der Waals surface area (Å²) in [4.78, 5) is 14.5. The number of H-pyrrole nitrogens is 1. The van der Waals surface area contributed by atoms with E-state index in [1.54, 1.807) is 0 Å². The molecule has 2 N–H and O–H groups in total. The molecule has 6 heteroatoms. The van der Waals surface area contributed by atoms with Crippen LogP contribution < -0.4 is 11.0 Å². The van der Waals surface area contributed by atoms with Gasteiger partial charge in [-0.3, -0.25) is 4.57 Å². The molecule has 1 heterocycles. The van der Waals surface area contributed by atoms with Gasteiger partial charge in [-0.15, -0.1) is 0 Å². The summed E-state index contributed by atoms with van der Waals surface area (Å²) in [5.41, 5.74) is 0.404. The van der Waals surface area contributed by atoms with Crippen molar-refractivity contribution < 1.29 is 8.78 Å². The minimum absolute atomic E-state index is 0.0430. The lowest BCUT2D eigenvalue weighted by Gasteiger charge is -2.16. The molecule has 0 spiro atoms. The molecule has 2 aromatic rings. The first kappa shape index (κ1) is 13.7. The standard InChI is InChI=1S/C13H17F2N3O/c1-3-8(4-5-16-2)18-12-7-10(15)9(14)6-11(12)17-13(18)19/h6-8,16H,3-5H2,1-2H3,(H,17,19). The van der Waals surface area contributed by atoms with Crippen LogP contribution in [0.2, 0.25) is 0 Å². The van der Waals surface area contributed by atoms with Gasteiger partial charge in [0.1, 0.15) is 0 Å². The zero-order chi connectivity index (χ0) is 14.0. The topological polar surface area (TPSA) is 49.8 Å². The SMILES string of the molecule is CCC(CCNC)n1c(=O)[nH]c2cc(F)c(F)cc21. The molecule has 0 aliphatic rings. The number of aromatic nitrogens is 2. The second kappa shape index (κ2) is 5.52. The molecule has 19 heavy (non-hydrogen) atoms. The van der Waals surface area contributed by atoms with E-state index in [4.69, 9.17) is 0 Å². The number of fused-ring (bicyclic) bond motifs is 1. The van der Waals surface area contributed by atoms with E-state index in [2.05, 4.69) is 10.3 Å². The van der Waals surface area contributed by atoms with Gasteiger partial charge in [-0.1, -0.05) is 6.92 Å². The molecule has 1 aromatic heterocycles. The van der Waals surface area contributed by atoms with E-state index in [1.807, 2.05) is 14.0 Å². The summed E-state index contributed by atoms with van der Waals surface area (Å²) >= 11 is 0. The van der Waals surface area contributed by atoms with Crippen molar-refractivity contribution in [1.82, 2.24) is 14.9 Å². The van der Waals surface area contributed by atoms with Crippen LogP contribution in [0.5, 0.6) is 0 Å². The van der Waals surface area contributed by atoms with Crippen LogP contribution in [0.3, 0.4) is 0 Å². The first-order valence-corrected chi connectivity index (χ1v) is 6.32. The predicted molar refractivity (Wildman–Crippen MR) is 70.3 cm³/mol. The summed E-state index contributed by atoms with van der Waals surface area (Å²) < 4.78 is 28.0. The molecule has 1 atom stereocenters. The Kier molecular flexibility index (Phi) is 3.99. The first-order chi connectivity index (χ1) is 9.08. The van der Waals surface area contributed by atoms with Crippen molar-refractivity contribution >= 4 is 11.0 Å². The maximum absolute atomic E-state index is 13.3. The van der Waals surface area contributed by atoms with Crippen LogP contribution in [0.25, 0.3) is 11.0 Å². The molecule has 0 amide bonds. The average Bonchev–Trinajstić information content (AvgIpc) is 2.68. The van der Waals surface area contributed by atoms with E-state index >= 15 is 0 Å². The van der Waals surface area contributed by atoms with E-state index in [-0.39, 0.29) is 11.7 Å². The molecular weight excluding hydrogens is 252 g/mol. The number of hydrogen-bond acceptors (Lipinski definition) is 2. The molecule has 0 saturated heterocycles. The summed E-state index contributed by atoms with van der Waals surface area (Å²) in [6.07, 6.45) is 1.49. The van der Waals surface area contributed by atoms with Crippen molar-refractivity contribution in [3.63, 3.8) is 0 Å². The van der Waals surface area contributed by atoms with Crippen LogP contribution in [0, 0.1) is 11.6 Å². The summed E-state index contributed by atoms with van der Waals surface area (Å²) in [6.45, 7) is 2.72. The highest BCUT2D eigenvalue weighted by atomic mass is 19.2. The van der Waals surface area contributed by atoms with E-state index in [1.165, 1.54) is 4.57 Å². The minimum Gasteiger partial charge on any atom is -0.320 e. The highest BCUT2D eigenvalue weighted by molar-refractivity contribution is 5.75. The van der Waals surface area contributed by atoms with Gasteiger partial charge in [0, 0.05) is 18.2 Å². The Morgan fingerprint density at radius 2 is 2.05 bits per heavy atom. The molecule has 0 aliphatic heterocycles. The lowest BCUT2D eigenvalue weighted by molar-refractivity contribution is 0.444. The summed E-state index contributed by atoms with van der Waals surface area (Å²) in [6, 6.07) is 2.05. The van der Waals surface area contributed by atoms with Gasteiger partial charge in [-0.05, 0) is 26.4 Å². The highest BCUT2D eigenvalue weighted by Crippen LogP contribution is 2.22. The second-order valence-corrected chi connectivity index (χ2v) is 4.54. The van der Waals surface area contributed by atoms with Gasteiger partial charge in [-0.2, -0.15) is 0 Å². The largest absolute Gasteiger partial charge is 0.326 e. The van der Waals surface area contributed by atoms with Gasteiger partial charge < -0.3 is 10.3 Å². The zero-order valence-corrected chi connectivity index (χ0v) is 11.0. The summed E-state index contributed by atoms with van der Waals surface area (Å²) in [7, 11) is 1.83. The zero-order valence-electron chi connectivity index (χ0n) is 11.0. The summed E-state index contributed by atoms with van der Waals surface area (Å²) in [5, 5.41) is 3.02. The molecule has 2 rings (SSSR count). The number of benzene rings is 1. The maximum atomic E-state index is 13.3. The number of aromatic amines is 1. The lowest BCUT2D eigenvalue weighted by Crippen LogP contribution is -2.24. The van der Waals surface area contributed by atoms with E-state index in [9.17, 15) is 13.6 Å². The Hall–Kier alpha value is -1.69. The molecule has 1 unspecified atom stereocenters. The van der Waals surface area contributed by atoms with Gasteiger partial charge in [-0.25, -0.2) is 13.6 Å². The van der Waals surface area contributed by atoms with Gasteiger partial charge in [0.15, 0.2) is 11.6 Å². The van der Waals surface area contributed by atoms with Crippen LogP contribution in [-0.2, 0) is 0 Å². The quantitative estimate of drug-likeness (QED) is 0.874. The van der Waals surface area contributed by atoms with Crippen LogP contribution in [-0.4, -0.2) is 23.1 Å². The van der Waals surface area contributed by atoms with Crippen LogP contribution in [0.15, 0.2) is 16.9 Å². The first-order valence-electron chi connectivity index (χ1n) is 6.32. The van der Waals surface area contributed by atoms with Gasteiger partial charge in [0.05, 0.1) is 11.0 Å². The number of nitrogens with one attached hydrogen (secondary N) is 2. The van der Waals surface area contributed by atoms with Crippen LogP contribution in [0.1, 0.15) is 25.8 Å². The van der Waals surface area contributed by atoms with Gasteiger partial charge in [0.25, 0.3) is 0 Å². The number of halogens is 2. The van der Waals surface area contributed by atoms with Gasteiger partial charge in [0.2, 0.25) is 0 Å².